The van der Waals surface area contributed by atoms with Crippen molar-refractivity contribution in [1.82, 2.24) is 10.3 Å². The van der Waals surface area contributed by atoms with Gasteiger partial charge in [-0.3, -0.25) is 0 Å². The van der Waals surface area contributed by atoms with E-state index in [1.807, 2.05) is 5.51 Å². The Morgan fingerprint density at radius 1 is 1.22 bits per heavy atom. The summed E-state index contributed by atoms with van der Waals surface area (Å²) in [5.74, 6) is 0.620. The second-order valence-corrected chi connectivity index (χ2v) is 5.27. The van der Waals surface area contributed by atoms with Crippen molar-refractivity contribution in [3.8, 4) is 0 Å². The molecule has 0 aliphatic carbocycles. The molecule has 0 spiro atoms. The molecule has 96 valence electrons. The molecule has 18 heavy (non-hydrogen) atoms. The molecule has 1 N–H and O–H groups in total. The van der Waals surface area contributed by atoms with Gasteiger partial charge < -0.3 is 5.32 Å². The van der Waals surface area contributed by atoms with Crippen molar-refractivity contribution in [2.45, 2.75) is 19.8 Å². The second kappa shape index (κ2) is 7.29. The maximum atomic E-state index is 4.40. The van der Waals surface area contributed by atoms with Crippen molar-refractivity contribution < 1.29 is 0 Å². The lowest BCUT2D eigenvalue weighted by atomic mass is 9.95. The summed E-state index contributed by atoms with van der Waals surface area (Å²) in [4.78, 5) is 4.40. The van der Waals surface area contributed by atoms with Gasteiger partial charge in [0.05, 0.1) is 11.2 Å². The van der Waals surface area contributed by atoms with Crippen LogP contribution in [0, 0.1) is 5.92 Å². The fraction of sp³-hybridized carbons (Fsp3) is 0.400. The van der Waals surface area contributed by atoms with E-state index in [1.165, 1.54) is 11.3 Å². The van der Waals surface area contributed by atoms with Crippen LogP contribution in [0.5, 0.6) is 0 Å². The average Bonchev–Trinajstić information content (AvgIpc) is 2.90. The molecule has 2 aromatic rings. The number of hydrogen-bond acceptors (Lipinski definition) is 3. The van der Waals surface area contributed by atoms with E-state index in [1.54, 1.807) is 11.3 Å². The number of aromatic nitrogens is 1. The molecule has 1 aromatic carbocycles. The van der Waals surface area contributed by atoms with E-state index in [9.17, 15) is 0 Å². The van der Waals surface area contributed by atoms with Crippen molar-refractivity contribution in [3.63, 3.8) is 0 Å². The second-order valence-electron chi connectivity index (χ2n) is 4.55. The molecule has 0 amide bonds. The Bertz CT molecular complexity index is 425. The first-order chi connectivity index (χ1) is 8.88. The van der Waals surface area contributed by atoms with Gasteiger partial charge in [-0.05, 0) is 37.4 Å². The molecule has 0 saturated carbocycles. The summed E-state index contributed by atoms with van der Waals surface area (Å²) in [5.41, 5.74) is 4.55. The van der Waals surface area contributed by atoms with E-state index in [2.05, 4.69) is 52.9 Å². The molecule has 0 saturated heterocycles. The highest BCUT2D eigenvalue weighted by Gasteiger charge is 2.11. The quantitative estimate of drug-likeness (QED) is 0.827. The Labute approximate surface area is 113 Å². The standard InChI is InChI=1S/C15H20N2S/c1-2-16-10-14(9-15-11-18-12-17-15)8-13-6-4-3-5-7-13/h3-7,11-12,14,16H,2,8-10H2,1H3. The predicted molar refractivity (Wildman–Crippen MR) is 78.0 cm³/mol. The summed E-state index contributed by atoms with van der Waals surface area (Å²) < 4.78 is 0. The van der Waals surface area contributed by atoms with Gasteiger partial charge in [0.15, 0.2) is 0 Å². The van der Waals surface area contributed by atoms with Crippen LogP contribution >= 0.6 is 11.3 Å². The molecule has 0 bridgehead atoms. The van der Waals surface area contributed by atoms with E-state index in [-0.39, 0.29) is 0 Å². The van der Waals surface area contributed by atoms with E-state index < -0.39 is 0 Å². The molecule has 3 heteroatoms. The molecule has 1 unspecified atom stereocenters. The molecule has 1 heterocycles. The minimum absolute atomic E-state index is 0.620. The third-order valence-electron chi connectivity index (χ3n) is 3.03. The van der Waals surface area contributed by atoms with Crippen molar-refractivity contribution in [2.24, 2.45) is 5.92 Å². The van der Waals surface area contributed by atoms with Crippen LogP contribution in [-0.2, 0) is 12.8 Å². The number of benzene rings is 1. The lowest BCUT2D eigenvalue weighted by Gasteiger charge is -2.16. The molecule has 0 radical (unpaired) electrons. The topological polar surface area (TPSA) is 24.9 Å². The van der Waals surface area contributed by atoms with Crippen LogP contribution in [-0.4, -0.2) is 18.1 Å². The average molecular weight is 260 g/mol. The summed E-state index contributed by atoms with van der Waals surface area (Å²) in [6.07, 6.45) is 2.18. The highest BCUT2D eigenvalue weighted by atomic mass is 32.1. The van der Waals surface area contributed by atoms with Gasteiger partial charge in [0, 0.05) is 5.38 Å². The highest BCUT2D eigenvalue weighted by molar-refractivity contribution is 7.07. The predicted octanol–water partition coefficient (Wildman–Crippen LogP) is 3.15. The molecule has 0 aliphatic rings. The van der Waals surface area contributed by atoms with Crippen molar-refractivity contribution in [1.29, 1.82) is 0 Å². The zero-order valence-electron chi connectivity index (χ0n) is 10.8. The molecule has 1 aromatic heterocycles. The maximum Gasteiger partial charge on any atom is 0.0794 e. The third-order valence-corrected chi connectivity index (χ3v) is 3.67. The smallest absolute Gasteiger partial charge is 0.0794 e. The van der Waals surface area contributed by atoms with Gasteiger partial charge >= 0.3 is 0 Å². The van der Waals surface area contributed by atoms with Crippen molar-refractivity contribution in [2.75, 3.05) is 13.1 Å². The lowest BCUT2D eigenvalue weighted by Crippen LogP contribution is -2.25. The van der Waals surface area contributed by atoms with Gasteiger partial charge in [-0.2, -0.15) is 0 Å². The number of hydrogen-bond donors (Lipinski definition) is 1. The largest absolute Gasteiger partial charge is 0.317 e. The van der Waals surface area contributed by atoms with Crippen molar-refractivity contribution >= 4 is 11.3 Å². The fourth-order valence-electron chi connectivity index (χ4n) is 2.15. The van der Waals surface area contributed by atoms with Crippen LogP contribution < -0.4 is 5.32 Å². The van der Waals surface area contributed by atoms with Gasteiger partial charge in [0.1, 0.15) is 0 Å². The summed E-state index contributed by atoms with van der Waals surface area (Å²) in [6, 6.07) is 10.7. The lowest BCUT2D eigenvalue weighted by molar-refractivity contribution is 0.474. The summed E-state index contributed by atoms with van der Waals surface area (Å²) in [6.45, 7) is 4.24. The molecule has 0 aliphatic heterocycles. The Kier molecular flexibility index (Phi) is 5.36. The first-order valence-electron chi connectivity index (χ1n) is 6.50. The van der Waals surface area contributed by atoms with Crippen LogP contribution in [0.4, 0.5) is 0 Å². The Morgan fingerprint density at radius 2 is 2.06 bits per heavy atom. The molecule has 2 nitrogen and oxygen atoms in total. The van der Waals surface area contributed by atoms with Crippen LogP contribution in [0.25, 0.3) is 0 Å². The SMILES string of the molecule is CCNCC(Cc1ccccc1)Cc1cscn1. The highest BCUT2D eigenvalue weighted by Crippen LogP contribution is 2.14. The van der Waals surface area contributed by atoms with Crippen LogP contribution in [0.1, 0.15) is 18.2 Å². The van der Waals surface area contributed by atoms with Crippen molar-refractivity contribution in [3.05, 3.63) is 52.5 Å². The fourth-order valence-corrected chi connectivity index (χ4v) is 2.72. The Hall–Kier alpha value is -1.19. The molecule has 2 rings (SSSR count). The van der Waals surface area contributed by atoms with Gasteiger partial charge in [-0.25, -0.2) is 4.98 Å². The zero-order chi connectivity index (χ0) is 12.6. The first-order valence-corrected chi connectivity index (χ1v) is 7.44. The third kappa shape index (κ3) is 4.24. The van der Waals surface area contributed by atoms with Gasteiger partial charge in [-0.1, -0.05) is 37.3 Å². The van der Waals surface area contributed by atoms with Gasteiger partial charge in [-0.15, -0.1) is 11.3 Å². The maximum absolute atomic E-state index is 4.40. The van der Waals surface area contributed by atoms with Gasteiger partial charge in [0.2, 0.25) is 0 Å². The van der Waals surface area contributed by atoms with E-state index >= 15 is 0 Å². The summed E-state index contributed by atoms with van der Waals surface area (Å²) >= 11 is 1.68. The number of nitrogens with zero attached hydrogens (tertiary/aromatic N) is 1. The molecular formula is C15H20N2S. The van der Waals surface area contributed by atoms with E-state index in [0.29, 0.717) is 5.92 Å². The molecular weight excluding hydrogens is 240 g/mol. The summed E-state index contributed by atoms with van der Waals surface area (Å²) in [5, 5.41) is 5.61. The summed E-state index contributed by atoms with van der Waals surface area (Å²) in [7, 11) is 0. The number of nitrogens with one attached hydrogen (secondary N) is 1. The zero-order valence-corrected chi connectivity index (χ0v) is 11.6. The van der Waals surface area contributed by atoms with Crippen LogP contribution in [0.2, 0.25) is 0 Å². The minimum atomic E-state index is 0.620. The van der Waals surface area contributed by atoms with E-state index in [4.69, 9.17) is 0 Å². The number of thiazole rings is 1. The van der Waals surface area contributed by atoms with Crippen LogP contribution in [0.3, 0.4) is 0 Å². The Morgan fingerprint density at radius 3 is 2.72 bits per heavy atom. The first kappa shape index (κ1) is 13.2. The monoisotopic (exact) mass is 260 g/mol. The Balaban J connectivity index is 1.96. The van der Waals surface area contributed by atoms with Crippen LogP contribution in [0.15, 0.2) is 41.2 Å². The van der Waals surface area contributed by atoms with E-state index in [0.717, 1.165) is 25.9 Å². The number of rotatable bonds is 7. The minimum Gasteiger partial charge on any atom is -0.317 e. The van der Waals surface area contributed by atoms with Gasteiger partial charge in [0.25, 0.3) is 0 Å². The normalized spacial score (nSPS) is 12.5. The molecule has 0 fully saturated rings. The molecule has 1 atom stereocenters.